The van der Waals surface area contributed by atoms with Crippen molar-refractivity contribution in [2.75, 3.05) is 13.2 Å². The summed E-state index contributed by atoms with van der Waals surface area (Å²) in [5.74, 6) is 1.03. The van der Waals surface area contributed by atoms with Crippen molar-refractivity contribution in [3.8, 4) is 5.75 Å². The number of nitrogens with two attached hydrogens (primary N) is 1. The Morgan fingerprint density at radius 1 is 1.26 bits per heavy atom. The third kappa shape index (κ3) is 2.93. The summed E-state index contributed by atoms with van der Waals surface area (Å²) in [6, 6.07) is 6.47. The van der Waals surface area contributed by atoms with E-state index in [9.17, 15) is 0 Å². The van der Waals surface area contributed by atoms with Crippen LogP contribution < -0.4 is 10.5 Å². The molecule has 1 heterocycles. The van der Waals surface area contributed by atoms with Crippen LogP contribution in [0, 0.1) is 0 Å². The van der Waals surface area contributed by atoms with Crippen molar-refractivity contribution >= 4 is 0 Å². The van der Waals surface area contributed by atoms with Gasteiger partial charge in [-0.15, -0.1) is 0 Å². The summed E-state index contributed by atoms with van der Waals surface area (Å²) >= 11 is 0. The summed E-state index contributed by atoms with van der Waals surface area (Å²) in [6.07, 6.45) is 7.13. The van der Waals surface area contributed by atoms with Gasteiger partial charge in [0.1, 0.15) is 5.75 Å². The van der Waals surface area contributed by atoms with Crippen LogP contribution in [0.3, 0.4) is 0 Å². The van der Waals surface area contributed by atoms with Crippen molar-refractivity contribution < 1.29 is 9.47 Å². The molecular formula is C16H23NO2. The van der Waals surface area contributed by atoms with Gasteiger partial charge in [-0.25, -0.2) is 0 Å². The van der Waals surface area contributed by atoms with Gasteiger partial charge >= 0.3 is 0 Å². The van der Waals surface area contributed by atoms with Gasteiger partial charge in [0.05, 0.1) is 12.7 Å². The first kappa shape index (κ1) is 12.9. The number of ether oxygens (including phenoxy) is 2. The molecule has 1 saturated heterocycles. The minimum atomic E-state index is 0.186. The van der Waals surface area contributed by atoms with Gasteiger partial charge in [0.25, 0.3) is 0 Å². The first-order valence-corrected chi connectivity index (χ1v) is 7.46. The largest absolute Gasteiger partial charge is 0.493 e. The van der Waals surface area contributed by atoms with Gasteiger partial charge in [0, 0.05) is 19.1 Å². The van der Waals surface area contributed by atoms with E-state index in [-0.39, 0.29) is 6.04 Å². The van der Waals surface area contributed by atoms with Gasteiger partial charge < -0.3 is 15.2 Å². The van der Waals surface area contributed by atoms with E-state index in [0.29, 0.717) is 6.10 Å². The fraction of sp³-hybridized carbons (Fsp3) is 0.625. The predicted octanol–water partition coefficient (Wildman–Crippen LogP) is 2.97. The van der Waals surface area contributed by atoms with Crippen molar-refractivity contribution in [1.82, 2.24) is 0 Å². The third-order valence-corrected chi connectivity index (χ3v) is 4.23. The Bertz CT molecular complexity index is 427. The highest BCUT2D eigenvalue weighted by Crippen LogP contribution is 2.34. The van der Waals surface area contributed by atoms with E-state index in [1.807, 2.05) is 0 Å². The van der Waals surface area contributed by atoms with E-state index < -0.39 is 0 Å². The van der Waals surface area contributed by atoms with E-state index in [0.717, 1.165) is 38.2 Å². The molecule has 104 valence electrons. The van der Waals surface area contributed by atoms with E-state index >= 15 is 0 Å². The molecule has 3 nitrogen and oxygen atoms in total. The van der Waals surface area contributed by atoms with E-state index in [1.54, 1.807) is 0 Å². The molecule has 0 spiro atoms. The maximum atomic E-state index is 6.17. The van der Waals surface area contributed by atoms with Crippen molar-refractivity contribution in [1.29, 1.82) is 0 Å². The average Bonchev–Trinajstić information content (AvgIpc) is 2.93. The standard InChI is InChI=1S/C16H23NO2/c17-15-7-1-6-14-13(15)5-2-8-16(14)19-11-9-12-4-3-10-18-12/h2,5,8,12,15H,1,3-4,6-7,9-11,17H2. The Kier molecular flexibility index (Phi) is 4.04. The molecule has 0 bridgehead atoms. The van der Waals surface area contributed by atoms with Gasteiger partial charge in [0.15, 0.2) is 0 Å². The summed E-state index contributed by atoms with van der Waals surface area (Å²) < 4.78 is 11.6. The molecule has 0 amide bonds. The van der Waals surface area contributed by atoms with Crippen LogP contribution in [0.2, 0.25) is 0 Å². The minimum Gasteiger partial charge on any atom is -0.493 e. The van der Waals surface area contributed by atoms with Crippen LogP contribution in [-0.4, -0.2) is 19.3 Å². The molecule has 0 radical (unpaired) electrons. The summed E-state index contributed by atoms with van der Waals surface area (Å²) in [4.78, 5) is 0. The summed E-state index contributed by atoms with van der Waals surface area (Å²) in [6.45, 7) is 1.66. The third-order valence-electron chi connectivity index (χ3n) is 4.23. The molecule has 0 aromatic heterocycles. The lowest BCUT2D eigenvalue weighted by Crippen LogP contribution is -2.18. The molecule has 2 aliphatic rings. The van der Waals surface area contributed by atoms with Crippen LogP contribution >= 0.6 is 0 Å². The van der Waals surface area contributed by atoms with E-state index in [2.05, 4.69) is 18.2 Å². The Hall–Kier alpha value is -1.06. The fourth-order valence-electron chi connectivity index (χ4n) is 3.16. The van der Waals surface area contributed by atoms with Crippen LogP contribution in [0.1, 0.15) is 49.3 Å². The Morgan fingerprint density at radius 3 is 3.05 bits per heavy atom. The normalized spacial score (nSPS) is 26.2. The fourth-order valence-corrected chi connectivity index (χ4v) is 3.16. The molecule has 0 saturated carbocycles. The Labute approximate surface area is 115 Å². The molecule has 19 heavy (non-hydrogen) atoms. The molecule has 1 aromatic carbocycles. The second-order valence-corrected chi connectivity index (χ2v) is 5.59. The second kappa shape index (κ2) is 5.93. The number of hydrogen-bond acceptors (Lipinski definition) is 3. The number of hydrogen-bond donors (Lipinski definition) is 1. The lowest BCUT2D eigenvalue weighted by Gasteiger charge is -2.24. The second-order valence-electron chi connectivity index (χ2n) is 5.59. The number of rotatable bonds is 4. The highest BCUT2D eigenvalue weighted by atomic mass is 16.5. The maximum absolute atomic E-state index is 6.17. The van der Waals surface area contributed by atoms with Gasteiger partial charge in [-0.3, -0.25) is 0 Å². The van der Waals surface area contributed by atoms with Crippen LogP contribution in [0.4, 0.5) is 0 Å². The highest BCUT2D eigenvalue weighted by Gasteiger charge is 2.20. The van der Waals surface area contributed by atoms with Crippen molar-refractivity contribution in [3.63, 3.8) is 0 Å². The first-order chi connectivity index (χ1) is 9.34. The average molecular weight is 261 g/mol. The molecule has 1 fully saturated rings. The number of fused-ring (bicyclic) bond motifs is 1. The quantitative estimate of drug-likeness (QED) is 0.906. The monoisotopic (exact) mass is 261 g/mol. The van der Waals surface area contributed by atoms with Crippen molar-refractivity contribution in [2.24, 2.45) is 5.73 Å². The van der Waals surface area contributed by atoms with Crippen molar-refractivity contribution in [3.05, 3.63) is 29.3 Å². The van der Waals surface area contributed by atoms with Crippen LogP contribution in [0.25, 0.3) is 0 Å². The van der Waals surface area contributed by atoms with E-state index in [1.165, 1.54) is 30.4 Å². The van der Waals surface area contributed by atoms with Gasteiger partial charge in [-0.2, -0.15) is 0 Å². The molecule has 2 unspecified atom stereocenters. The predicted molar refractivity (Wildman–Crippen MR) is 75.4 cm³/mol. The lowest BCUT2D eigenvalue weighted by molar-refractivity contribution is 0.0901. The Balaban J connectivity index is 1.62. The molecule has 1 aromatic rings. The van der Waals surface area contributed by atoms with E-state index in [4.69, 9.17) is 15.2 Å². The molecular weight excluding hydrogens is 238 g/mol. The smallest absolute Gasteiger partial charge is 0.122 e. The maximum Gasteiger partial charge on any atom is 0.122 e. The van der Waals surface area contributed by atoms with Crippen LogP contribution in [0.5, 0.6) is 5.75 Å². The SMILES string of the molecule is NC1CCCc2c(OCCC3CCCO3)cccc21. The molecule has 2 N–H and O–H groups in total. The zero-order valence-corrected chi connectivity index (χ0v) is 11.4. The minimum absolute atomic E-state index is 0.186. The summed E-state index contributed by atoms with van der Waals surface area (Å²) in [7, 11) is 0. The lowest BCUT2D eigenvalue weighted by atomic mass is 9.87. The summed E-state index contributed by atoms with van der Waals surface area (Å²) in [5, 5.41) is 0. The topological polar surface area (TPSA) is 44.5 Å². The molecule has 1 aliphatic heterocycles. The summed E-state index contributed by atoms with van der Waals surface area (Å²) in [5.41, 5.74) is 8.77. The first-order valence-electron chi connectivity index (χ1n) is 7.46. The van der Waals surface area contributed by atoms with Crippen LogP contribution in [-0.2, 0) is 11.2 Å². The highest BCUT2D eigenvalue weighted by molar-refractivity contribution is 5.43. The Morgan fingerprint density at radius 2 is 2.21 bits per heavy atom. The molecule has 2 atom stereocenters. The molecule has 3 heteroatoms. The number of benzene rings is 1. The van der Waals surface area contributed by atoms with Crippen LogP contribution in [0.15, 0.2) is 18.2 Å². The zero-order valence-electron chi connectivity index (χ0n) is 11.4. The van der Waals surface area contributed by atoms with Gasteiger partial charge in [-0.1, -0.05) is 12.1 Å². The van der Waals surface area contributed by atoms with Gasteiger partial charge in [-0.05, 0) is 49.3 Å². The van der Waals surface area contributed by atoms with Gasteiger partial charge in [0.2, 0.25) is 0 Å². The molecule has 3 rings (SSSR count). The van der Waals surface area contributed by atoms with Crippen molar-refractivity contribution in [2.45, 2.75) is 50.7 Å². The zero-order chi connectivity index (χ0) is 13.1. The molecule has 1 aliphatic carbocycles.